The summed E-state index contributed by atoms with van der Waals surface area (Å²) in [4.78, 5) is 2.16. The van der Waals surface area contributed by atoms with E-state index >= 15 is 0 Å². The zero-order chi connectivity index (χ0) is 22.8. The molecule has 0 bridgehead atoms. The van der Waals surface area contributed by atoms with Crippen molar-refractivity contribution in [1.29, 1.82) is 0 Å². The lowest BCUT2D eigenvalue weighted by atomic mass is 10.0. The fraction of sp³-hybridized carbons (Fsp3) is 0.478. The lowest BCUT2D eigenvalue weighted by molar-refractivity contribution is 0.0813. The molecule has 31 heavy (non-hydrogen) atoms. The minimum absolute atomic E-state index is 0.0658. The molecule has 170 valence electrons. The number of aliphatic hydroxyl groups is 1. The molecule has 2 aromatic carbocycles. The smallest absolute Gasteiger partial charge is 0.247 e. The maximum atomic E-state index is 13.5. The van der Waals surface area contributed by atoms with Crippen molar-refractivity contribution in [3.05, 3.63) is 42.5 Å². The van der Waals surface area contributed by atoms with E-state index in [0.29, 0.717) is 12.3 Å². The summed E-state index contributed by atoms with van der Waals surface area (Å²) in [5.41, 5.74) is 1.79. The van der Waals surface area contributed by atoms with Crippen molar-refractivity contribution < 1.29 is 23.0 Å². The fourth-order valence-electron chi connectivity index (χ4n) is 3.77. The Hall–Kier alpha value is -2.13. The topological polar surface area (TPSA) is 79.3 Å². The van der Waals surface area contributed by atoms with E-state index in [1.54, 1.807) is 32.2 Å². The van der Waals surface area contributed by atoms with Crippen LogP contribution in [0.3, 0.4) is 0 Å². The van der Waals surface area contributed by atoms with Crippen LogP contribution in [-0.4, -0.2) is 75.8 Å². The average molecular weight is 449 g/mol. The molecule has 0 fully saturated rings. The number of fused-ring (bicyclic) bond motifs is 1. The van der Waals surface area contributed by atoms with Crippen LogP contribution in [0.1, 0.15) is 13.8 Å². The summed E-state index contributed by atoms with van der Waals surface area (Å²) in [6, 6.07) is 12.2. The van der Waals surface area contributed by atoms with Gasteiger partial charge in [0.05, 0.1) is 13.7 Å². The number of hydrogen-bond acceptors (Lipinski definition) is 6. The van der Waals surface area contributed by atoms with Gasteiger partial charge < -0.3 is 19.5 Å². The number of rotatable bonds is 6. The maximum Gasteiger partial charge on any atom is 0.247 e. The zero-order valence-corrected chi connectivity index (χ0v) is 19.6. The predicted molar refractivity (Wildman–Crippen MR) is 121 cm³/mol. The molecule has 1 heterocycles. The maximum absolute atomic E-state index is 13.5. The van der Waals surface area contributed by atoms with E-state index in [4.69, 9.17) is 9.47 Å². The molecule has 3 rings (SSSR count). The van der Waals surface area contributed by atoms with Crippen LogP contribution in [0, 0.1) is 5.92 Å². The number of aliphatic hydroxyl groups excluding tert-OH is 1. The Bertz CT molecular complexity index is 992. The van der Waals surface area contributed by atoms with Crippen molar-refractivity contribution >= 4 is 10.0 Å². The second kappa shape index (κ2) is 9.56. The molecular weight excluding hydrogens is 416 g/mol. The lowest BCUT2D eigenvalue weighted by Gasteiger charge is -2.37. The summed E-state index contributed by atoms with van der Waals surface area (Å²) < 4.78 is 39.9. The van der Waals surface area contributed by atoms with Gasteiger partial charge in [-0.15, -0.1) is 0 Å². The number of sulfonamides is 1. The Morgan fingerprint density at radius 3 is 2.42 bits per heavy atom. The minimum atomic E-state index is -3.83. The van der Waals surface area contributed by atoms with Crippen LogP contribution in [-0.2, 0) is 10.0 Å². The molecule has 3 atom stereocenters. The van der Waals surface area contributed by atoms with E-state index in [9.17, 15) is 13.5 Å². The monoisotopic (exact) mass is 448 g/mol. The molecule has 0 aromatic heterocycles. The number of ether oxygens (including phenoxy) is 2. The molecule has 1 N–H and O–H groups in total. The van der Waals surface area contributed by atoms with Gasteiger partial charge in [0.2, 0.25) is 10.0 Å². The van der Waals surface area contributed by atoms with Crippen LogP contribution in [0.2, 0.25) is 0 Å². The van der Waals surface area contributed by atoms with Crippen molar-refractivity contribution in [2.45, 2.75) is 30.9 Å². The quantitative estimate of drug-likeness (QED) is 0.732. The van der Waals surface area contributed by atoms with Gasteiger partial charge in [-0.1, -0.05) is 25.1 Å². The van der Waals surface area contributed by atoms with Crippen LogP contribution in [0.4, 0.5) is 0 Å². The summed E-state index contributed by atoms with van der Waals surface area (Å²) >= 11 is 0. The Labute approximate surface area is 185 Å². The first-order valence-electron chi connectivity index (χ1n) is 10.4. The Morgan fingerprint density at radius 1 is 1.19 bits per heavy atom. The van der Waals surface area contributed by atoms with Crippen molar-refractivity contribution in [3.63, 3.8) is 0 Å². The lowest BCUT2D eigenvalue weighted by Crippen LogP contribution is -2.49. The largest absolute Gasteiger partial charge is 0.497 e. The van der Waals surface area contributed by atoms with E-state index in [1.807, 2.05) is 50.2 Å². The van der Waals surface area contributed by atoms with Crippen LogP contribution in [0.5, 0.6) is 11.5 Å². The normalized spacial score (nSPS) is 22.2. The minimum Gasteiger partial charge on any atom is -0.497 e. The van der Waals surface area contributed by atoms with Crippen molar-refractivity contribution in [1.82, 2.24) is 9.21 Å². The number of nitrogens with zero attached hydrogens (tertiary/aromatic N) is 2. The SMILES string of the molecule is COc1ccc(-c2ccc3c(c2)O[C@H](CN(C)C)[C@H](C)CN([C@H](C)CO)S3(=O)=O)cc1. The summed E-state index contributed by atoms with van der Waals surface area (Å²) in [5.74, 6) is 1.02. The highest BCUT2D eigenvalue weighted by atomic mass is 32.2. The molecule has 0 amide bonds. The molecule has 2 aromatic rings. The molecule has 0 unspecified atom stereocenters. The highest BCUT2D eigenvalue weighted by Gasteiger charge is 2.37. The van der Waals surface area contributed by atoms with E-state index < -0.39 is 16.1 Å². The van der Waals surface area contributed by atoms with E-state index in [1.165, 1.54) is 4.31 Å². The van der Waals surface area contributed by atoms with Crippen molar-refractivity contribution in [3.8, 4) is 22.6 Å². The van der Waals surface area contributed by atoms with Crippen LogP contribution in [0.25, 0.3) is 11.1 Å². The Morgan fingerprint density at radius 2 is 1.84 bits per heavy atom. The van der Waals surface area contributed by atoms with Gasteiger partial charge in [0, 0.05) is 25.0 Å². The molecule has 0 saturated heterocycles. The zero-order valence-electron chi connectivity index (χ0n) is 18.8. The number of hydrogen-bond donors (Lipinski definition) is 1. The first-order valence-corrected chi connectivity index (χ1v) is 11.8. The third-order valence-corrected chi connectivity index (χ3v) is 7.66. The van der Waals surface area contributed by atoms with Crippen molar-refractivity contribution in [2.24, 2.45) is 5.92 Å². The van der Waals surface area contributed by atoms with E-state index in [2.05, 4.69) is 0 Å². The van der Waals surface area contributed by atoms with Crippen LogP contribution >= 0.6 is 0 Å². The van der Waals surface area contributed by atoms with E-state index in [-0.39, 0.29) is 30.1 Å². The van der Waals surface area contributed by atoms with Gasteiger partial charge in [-0.2, -0.15) is 4.31 Å². The third kappa shape index (κ3) is 5.03. The number of methoxy groups -OCH3 is 1. The van der Waals surface area contributed by atoms with Gasteiger partial charge in [-0.3, -0.25) is 0 Å². The van der Waals surface area contributed by atoms with Gasteiger partial charge >= 0.3 is 0 Å². The molecule has 1 aliphatic heterocycles. The van der Waals surface area contributed by atoms with Crippen LogP contribution in [0.15, 0.2) is 47.4 Å². The summed E-state index contributed by atoms with van der Waals surface area (Å²) in [6.07, 6.45) is -0.205. The molecule has 7 nitrogen and oxygen atoms in total. The number of likely N-dealkylation sites (N-methyl/N-ethyl adjacent to an activating group) is 1. The predicted octanol–water partition coefficient (Wildman–Crippen LogP) is 2.69. The van der Waals surface area contributed by atoms with Gasteiger partial charge in [-0.25, -0.2) is 8.42 Å². The van der Waals surface area contributed by atoms with Gasteiger partial charge in [-0.05, 0) is 56.4 Å². The summed E-state index contributed by atoms with van der Waals surface area (Å²) in [7, 11) is 1.71. The van der Waals surface area contributed by atoms with Gasteiger partial charge in [0.1, 0.15) is 22.5 Å². The standard InChI is InChI=1S/C23H32N2O5S/c1-16-13-25(17(2)15-26)31(27,28)23-11-8-19(18-6-9-20(29-5)10-7-18)12-21(23)30-22(16)14-24(3)4/h6-12,16-17,22,26H,13-15H2,1-5H3/t16-,17-,22-/m1/s1. The summed E-state index contributed by atoms with van der Waals surface area (Å²) in [6.45, 7) is 4.39. The molecular formula is C23H32N2O5S. The average Bonchev–Trinajstić information content (AvgIpc) is 2.75. The molecule has 0 radical (unpaired) electrons. The van der Waals surface area contributed by atoms with Crippen molar-refractivity contribution in [2.75, 3.05) is 40.9 Å². The molecule has 1 aliphatic rings. The second-order valence-corrected chi connectivity index (χ2v) is 10.3. The van der Waals surface area contributed by atoms with E-state index in [0.717, 1.165) is 16.9 Å². The highest BCUT2D eigenvalue weighted by Crippen LogP contribution is 2.36. The van der Waals surface area contributed by atoms with Crippen LogP contribution < -0.4 is 9.47 Å². The fourth-order valence-corrected chi connectivity index (χ4v) is 5.59. The van der Waals surface area contributed by atoms with Gasteiger partial charge in [0.25, 0.3) is 0 Å². The van der Waals surface area contributed by atoms with Gasteiger partial charge in [0.15, 0.2) is 0 Å². The summed E-state index contributed by atoms with van der Waals surface area (Å²) in [5, 5.41) is 9.71. The Kier molecular flexibility index (Phi) is 7.26. The molecule has 8 heteroatoms. The Balaban J connectivity index is 2.12. The molecule has 0 spiro atoms. The molecule has 0 saturated carbocycles. The number of benzene rings is 2. The first-order chi connectivity index (χ1) is 14.7. The second-order valence-electron chi connectivity index (χ2n) is 8.39. The third-order valence-electron chi connectivity index (χ3n) is 5.64. The first kappa shape index (κ1) is 23.5. The highest BCUT2D eigenvalue weighted by molar-refractivity contribution is 7.89. The molecule has 0 aliphatic carbocycles.